The number of aliphatic carboxylic acids is 1. The third-order valence-electron chi connectivity index (χ3n) is 4.97. The third-order valence-corrected chi connectivity index (χ3v) is 6.60. The fourth-order valence-corrected chi connectivity index (χ4v) is 5.35. The van der Waals surface area contributed by atoms with Crippen LogP contribution in [0.1, 0.15) is 31.1 Å². The molecule has 0 spiro atoms. The van der Waals surface area contributed by atoms with Gasteiger partial charge in [-0.05, 0) is 26.8 Å². The predicted octanol–water partition coefficient (Wildman–Crippen LogP) is 0.799. The Balaban J connectivity index is 1.95. The number of rotatable bonds is 5. The van der Waals surface area contributed by atoms with Crippen molar-refractivity contribution in [2.45, 2.75) is 42.5 Å². The largest absolute Gasteiger partial charge is 0.480 e. The summed E-state index contributed by atoms with van der Waals surface area (Å²) < 4.78 is -0.875. The summed E-state index contributed by atoms with van der Waals surface area (Å²) in [7, 11) is 0. The molecule has 148 valence electrons. The van der Waals surface area contributed by atoms with E-state index in [1.54, 1.807) is 13.8 Å². The zero-order valence-electron chi connectivity index (χ0n) is 15.2. The van der Waals surface area contributed by atoms with Crippen molar-refractivity contribution in [3.63, 3.8) is 0 Å². The molecule has 28 heavy (non-hydrogen) atoms. The highest BCUT2D eigenvalue weighted by atomic mass is 32.2. The van der Waals surface area contributed by atoms with E-state index in [4.69, 9.17) is 0 Å². The topological polar surface area (TPSA) is 147 Å². The smallest absolute Gasteiger partial charge is 0.327 e. The maximum absolute atomic E-state index is 12.9. The minimum Gasteiger partial charge on any atom is -0.480 e. The summed E-state index contributed by atoms with van der Waals surface area (Å²) in [4.78, 5) is 60.9. The molecule has 0 bridgehead atoms. The molecule has 3 rings (SSSR count). The lowest BCUT2D eigenvalue weighted by atomic mass is 9.81. The van der Waals surface area contributed by atoms with Crippen molar-refractivity contribution in [3.8, 4) is 0 Å². The summed E-state index contributed by atoms with van der Waals surface area (Å²) in [5.74, 6) is -3.46. The van der Waals surface area contributed by atoms with Gasteiger partial charge in [0.05, 0.1) is 4.92 Å². The van der Waals surface area contributed by atoms with Crippen LogP contribution in [0.4, 0.5) is 5.69 Å². The second-order valence-corrected chi connectivity index (χ2v) is 8.89. The number of carboxylic acid groups (broad SMARTS) is 1. The van der Waals surface area contributed by atoms with Crippen LogP contribution in [0.2, 0.25) is 0 Å². The number of amides is 2. The number of nitrogens with zero attached hydrogens (tertiary/aromatic N) is 2. The first-order chi connectivity index (χ1) is 12.9. The van der Waals surface area contributed by atoms with Gasteiger partial charge in [-0.25, -0.2) is 4.79 Å². The van der Waals surface area contributed by atoms with Gasteiger partial charge >= 0.3 is 5.97 Å². The quantitative estimate of drug-likeness (QED) is 0.315. The van der Waals surface area contributed by atoms with E-state index in [0.29, 0.717) is 0 Å². The van der Waals surface area contributed by atoms with Crippen LogP contribution in [0.15, 0.2) is 24.3 Å². The summed E-state index contributed by atoms with van der Waals surface area (Å²) in [5, 5.41) is 21.9. The minimum absolute atomic E-state index is 0.0851. The van der Waals surface area contributed by atoms with Crippen LogP contribution >= 0.6 is 11.8 Å². The van der Waals surface area contributed by atoms with Crippen LogP contribution in [-0.2, 0) is 14.4 Å². The average Bonchev–Trinajstić information content (AvgIpc) is 2.87. The van der Waals surface area contributed by atoms with Crippen LogP contribution in [0, 0.1) is 10.1 Å². The molecular weight excluding hydrogens is 390 g/mol. The van der Waals surface area contributed by atoms with Gasteiger partial charge in [0, 0.05) is 22.4 Å². The summed E-state index contributed by atoms with van der Waals surface area (Å²) in [6.07, 6.45) is 0. The fourth-order valence-electron chi connectivity index (χ4n) is 3.60. The first-order valence-electron chi connectivity index (χ1n) is 8.25. The van der Waals surface area contributed by atoms with Gasteiger partial charge in [-0.3, -0.25) is 24.5 Å². The van der Waals surface area contributed by atoms with E-state index in [1.165, 1.54) is 18.2 Å². The maximum Gasteiger partial charge on any atom is 0.327 e. The number of nitrogens with one attached hydrogen (secondary N) is 1. The molecule has 2 saturated heterocycles. The maximum atomic E-state index is 12.9. The minimum atomic E-state index is -1.91. The lowest BCUT2D eigenvalue weighted by Gasteiger charge is -2.51. The lowest BCUT2D eigenvalue weighted by molar-refractivity contribution is -0.384. The number of nitro groups is 1. The highest BCUT2D eigenvalue weighted by molar-refractivity contribution is 8.01. The summed E-state index contributed by atoms with van der Waals surface area (Å²) in [6.45, 7) is 4.44. The summed E-state index contributed by atoms with van der Waals surface area (Å²) >= 11 is 1.12. The molecule has 0 radical (unpaired) electrons. The number of carboxylic acids is 1. The molecule has 2 fully saturated rings. The number of thioether (sulfide) groups is 1. The van der Waals surface area contributed by atoms with E-state index in [0.717, 1.165) is 29.7 Å². The van der Waals surface area contributed by atoms with E-state index in [9.17, 15) is 34.4 Å². The van der Waals surface area contributed by atoms with Crippen LogP contribution in [-0.4, -0.2) is 60.2 Å². The number of hydrogen-bond acceptors (Lipinski definition) is 7. The number of carbonyl (C=O) groups excluding carboxylic acids is 3. The number of fused-ring (bicyclic) bond motifs is 1. The van der Waals surface area contributed by atoms with Crippen molar-refractivity contribution >= 4 is 41.0 Å². The highest BCUT2D eigenvalue weighted by Gasteiger charge is 2.74. The molecule has 2 aliphatic heterocycles. The fraction of sp³-hybridized carbons (Fsp3) is 0.412. The second kappa shape index (κ2) is 6.30. The first kappa shape index (κ1) is 19.8. The Morgan fingerprint density at radius 1 is 1.32 bits per heavy atom. The van der Waals surface area contributed by atoms with Crippen LogP contribution in [0.5, 0.6) is 0 Å². The Bertz CT molecular complexity index is 931. The molecule has 0 aliphatic carbocycles. The van der Waals surface area contributed by atoms with Gasteiger partial charge in [-0.2, -0.15) is 0 Å². The SMILES string of the molecule is CC(=O)C1(NC(=O)c2cccc([N+](=O)[O-])c2)C(=O)N2[C@@H](C(=O)O)C(C)(C)S[C@@H]21. The predicted molar refractivity (Wildman–Crippen MR) is 97.7 cm³/mol. The van der Waals surface area contributed by atoms with E-state index in [2.05, 4.69) is 5.32 Å². The zero-order chi connectivity index (χ0) is 21.0. The number of benzene rings is 1. The second-order valence-electron chi connectivity index (χ2n) is 7.15. The molecule has 2 heterocycles. The standard InChI is InChI=1S/C17H17N3O7S/c1-8(21)17(18-12(22)9-5-4-6-10(7-9)20(26)27)14(25)19-11(13(23)24)16(2,3)28-15(17)19/h4-7,11,15H,1-3H3,(H,18,22)(H,23,24)/t11-,15+,17?/m0/s1. The summed E-state index contributed by atoms with van der Waals surface area (Å²) in [5.41, 5.74) is -2.31. The van der Waals surface area contributed by atoms with Crippen LogP contribution in [0.25, 0.3) is 0 Å². The molecular formula is C17H17N3O7S. The molecule has 0 aromatic heterocycles. The number of β-lactam (4-membered cyclic amide) rings is 1. The molecule has 2 aliphatic rings. The highest BCUT2D eigenvalue weighted by Crippen LogP contribution is 2.55. The van der Waals surface area contributed by atoms with E-state index < -0.39 is 50.2 Å². The number of non-ortho nitro benzene ring substituents is 1. The van der Waals surface area contributed by atoms with Crippen molar-refractivity contribution in [2.24, 2.45) is 0 Å². The Morgan fingerprint density at radius 3 is 2.50 bits per heavy atom. The summed E-state index contributed by atoms with van der Waals surface area (Å²) in [6, 6.07) is 3.74. The Kier molecular flexibility index (Phi) is 4.45. The number of hydrogen-bond donors (Lipinski definition) is 2. The van der Waals surface area contributed by atoms with Gasteiger partial charge in [0.1, 0.15) is 11.4 Å². The first-order valence-corrected chi connectivity index (χ1v) is 9.13. The van der Waals surface area contributed by atoms with Gasteiger partial charge in [0.2, 0.25) is 5.54 Å². The molecule has 1 aromatic rings. The number of carbonyl (C=O) groups is 4. The van der Waals surface area contributed by atoms with Crippen LogP contribution < -0.4 is 5.32 Å². The Morgan fingerprint density at radius 2 is 1.96 bits per heavy atom. The number of nitro benzene ring substituents is 1. The normalized spacial score (nSPS) is 27.5. The molecule has 2 amide bonds. The zero-order valence-corrected chi connectivity index (χ0v) is 16.0. The Hall–Kier alpha value is -2.95. The molecule has 2 N–H and O–H groups in total. The number of Topliss-reactive ketones (excluding diaryl/α,β-unsaturated/α-hetero) is 1. The van der Waals surface area contributed by atoms with E-state index in [-0.39, 0.29) is 11.3 Å². The Labute approximate surface area is 163 Å². The molecule has 1 unspecified atom stereocenters. The van der Waals surface area contributed by atoms with Gasteiger partial charge in [0.15, 0.2) is 5.78 Å². The number of ketones is 1. The lowest BCUT2D eigenvalue weighted by Crippen LogP contribution is -2.82. The third kappa shape index (κ3) is 2.65. The molecule has 1 aromatic carbocycles. The molecule has 0 saturated carbocycles. The van der Waals surface area contributed by atoms with Crippen molar-refractivity contribution < 1.29 is 29.2 Å². The van der Waals surface area contributed by atoms with Crippen molar-refractivity contribution in [1.29, 1.82) is 0 Å². The van der Waals surface area contributed by atoms with Gasteiger partial charge in [-0.1, -0.05) is 6.07 Å². The van der Waals surface area contributed by atoms with Crippen LogP contribution in [0.3, 0.4) is 0 Å². The van der Waals surface area contributed by atoms with Gasteiger partial charge in [0.25, 0.3) is 17.5 Å². The van der Waals surface area contributed by atoms with E-state index >= 15 is 0 Å². The molecule has 11 heteroatoms. The van der Waals surface area contributed by atoms with E-state index in [1.807, 2.05) is 0 Å². The average molecular weight is 407 g/mol. The monoisotopic (exact) mass is 407 g/mol. The van der Waals surface area contributed by atoms with Crippen molar-refractivity contribution in [1.82, 2.24) is 10.2 Å². The molecule has 3 atom stereocenters. The molecule has 10 nitrogen and oxygen atoms in total. The van der Waals surface area contributed by atoms with Crippen molar-refractivity contribution in [3.05, 3.63) is 39.9 Å². The van der Waals surface area contributed by atoms with Crippen molar-refractivity contribution in [2.75, 3.05) is 0 Å². The van der Waals surface area contributed by atoms with Gasteiger partial charge < -0.3 is 15.3 Å². The van der Waals surface area contributed by atoms with Gasteiger partial charge in [-0.15, -0.1) is 11.8 Å².